The maximum Gasteiger partial charge on any atom is 0.314 e. The largest absolute Gasteiger partial charge is 0.481 e. The number of aromatic nitrogens is 3. The van der Waals surface area contributed by atoms with Crippen molar-refractivity contribution in [3.63, 3.8) is 0 Å². The normalized spacial score (nSPS) is 20.5. The van der Waals surface area contributed by atoms with Crippen LogP contribution in [0, 0.1) is 5.92 Å². The molecule has 0 aliphatic heterocycles. The van der Waals surface area contributed by atoms with Gasteiger partial charge in [-0.2, -0.15) is 0 Å². The summed E-state index contributed by atoms with van der Waals surface area (Å²) in [7, 11) is 0. The van der Waals surface area contributed by atoms with Gasteiger partial charge in [0.15, 0.2) is 5.65 Å². The third-order valence-electron chi connectivity index (χ3n) is 3.62. The van der Waals surface area contributed by atoms with Gasteiger partial charge in [-0.1, -0.05) is 12.2 Å². The Morgan fingerprint density at radius 3 is 3.05 bits per heavy atom. The molecule has 1 aliphatic rings. The summed E-state index contributed by atoms with van der Waals surface area (Å²) in [6, 6.07) is 3.67. The van der Waals surface area contributed by atoms with Gasteiger partial charge in [-0.25, -0.2) is 9.97 Å². The van der Waals surface area contributed by atoms with Gasteiger partial charge in [0.05, 0.1) is 5.52 Å². The molecule has 2 atom stereocenters. The van der Waals surface area contributed by atoms with Crippen molar-refractivity contribution in [1.29, 1.82) is 0 Å². The smallest absolute Gasteiger partial charge is 0.314 e. The average molecular weight is 257 g/mol. The van der Waals surface area contributed by atoms with Gasteiger partial charge in [-0.05, 0) is 37.3 Å². The van der Waals surface area contributed by atoms with Gasteiger partial charge in [0.25, 0.3) is 0 Å². The monoisotopic (exact) mass is 257 g/mol. The van der Waals surface area contributed by atoms with E-state index in [1.807, 2.05) is 12.1 Å². The number of fused-ring (bicyclic) bond motifs is 1. The quantitative estimate of drug-likeness (QED) is 0.828. The Hall–Kier alpha value is -2.17. The van der Waals surface area contributed by atoms with E-state index < -0.39 is 11.9 Å². The number of pyridine rings is 1. The molecular formula is C14H15N3O2. The van der Waals surface area contributed by atoms with Gasteiger partial charge < -0.3 is 10.1 Å². The lowest BCUT2D eigenvalue weighted by Gasteiger charge is -2.23. The number of nitrogens with zero attached hydrogens (tertiary/aromatic N) is 2. The molecule has 19 heavy (non-hydrogen) atoms. The van der Waals surface area contributed by atoms with Gasteiger partial charge in [-0.15, -0.1) is 0 Å². The van der Waals surface area contributed by atoms with E-state index in [1.165, 1.54) is 0 Å². The first-order valence-electron chi connectivity index (χ1n) is 6.44. The Morgan fingerprint density at radius 2 is 2.37 bits per heavy atom. The summed E-state index contributed by atoms with van der Waals surface area (Å²) in [6.45, 7) is 0. The molecule has 5 heteroatoms. The number of aliphatic carboxylic acids is 1. The molecule has 98 valence electrons. The van der Waals surface area contributed by atoms with Crippen LogP contribution in [0.15, 0.2) is 30.5 Å². The van der Waals surface area contributed by atoms with Crippen molar-refractivity contribution in [3.8, 4) is 0 Å². The van der Waals surface area contributed by atoms with E-state index >= 15 is 0 Å². The molecule has 5 nitrogen and oxygen atoms in total. The van der Waals surface area contributed by atoms with Gasteiger partial charge >= 0.3 is 5.97 Å². The van der Waals surface area contributed by atoms with Crippen molar-refractivity contribution < 1.29 is 9.90 Å². The van der Waals surface area contributed by atoms with Crippen LogP contribution >= 0.6 is 0 Å². The summed E-state index contributed by atoms with van der Waals surface area (Å²) >= 11 is 0. The Morgan fingerprint density at radius 1 is 1.47 bits per heavy atom. The lowest BCUT2D eigenvalue weighted by atomic mass is 9.82. The Kier molecular flexibility index (Phi) is 3.03. The van der Waals surface area contributed by atoms with Gasteiger partial charge in [0, 0.05) is 6.20 Å². The van der Waals surface area contributed by atoms with Crippen LogP contribution in [-0.2, 0) is 4.79 Å². The number of H-pyrrole nitrogens is 1. The zero-order valence-corrected chi connectivity index (χ0v) is 10.4. The molecule has 0 amide bonds. The van der Waals surface area contributed by atoms with E-state index in [2.05, 4.69) is 27.1 Å². The number of allylic oxidation sites excluding steroid dienone is 2. The topological polar surface area (TPSA) is 78.9 Å². The highest BCUT2D eigenvalue weighted by atomic mass is 16.4. The van der Waals surface area contributed by atoms with Crippen molar-refractivity contribution in [2.75, 3.05) is 0 Å². The highest BCUT2D eigenvalue weighted by Crippen LogP contribution is 2.33. The fraction of sp³-hybridized carbons (Fsp3) is 0.357. The summed E-state index contributed by atoms with van der Waals surface area (Å²) in [5, 5.41) is 9.50. The SMILES string of the molecule is O=C(O)C(c1nc2ncccc2[nH]1)C1CC=CCC1. The first-order chi connectivity index (χ1) is 9.25. The summed E-state index contributed by atoms with van der Waals surface area (Å²) in [5.74, 6) is -0.789. The highest BCUT2D eigenvalue weighted by molar-refractivity contribution is 5.78. The zero-order chi connectivity index (χ0) is 13.2. The van der Waals surface area contributed by atoms with E-state index in [9.17, 15) is 9.90 Å². The van der Waals surface area contributed by atoms with Crippen LogP contribution < -0.4 is 0 Å². The maximum absolute atomic E-state index is 11.6. The van der Waals surface area contributed by atoms with Crippen molar-refractivity contribution in [3.05, 3.63) is 36.3 Å². The first-order valence-corrected chi connectivity index (χ1v) is 6.44. The molecule has 0 spiro atoms. The Bertz CT molecular complexity index is 599. The predicted molar refractivity (Wildman–Crippen MR) is 70.7 cm³/mol. The van der Waals surface area contributed by atoms with Crippen LogP contribution in [0.5, 0.6) is 0 Å². The number of rotatable bonds is 3. The number of nitrogens with one attached hydrogen (secondary N) is 1. The molecule has 0 radical (unpaired) electrons. The molecule has 3 rings (SSSR count). The minimum Gasteiger partial charge on any atom is -0.481 e. The molecule has 0 saturated carbocycles. The number of carboxylic acid groups (broad SMARTS) is 1. The van der Waals surface area contributed by atoms with Crippen LogP contribution in [0.3, 0.4) is 0 Å². The average Bonchev–Trinajstić information content (AvgIpc) is 2.82. The van der Waals surface area contributed by atoms with E-state index in [-0.39, 0.29) is 5.92 Å². The highest BCUT2D eigenvalue weighted by Gasteiger charge is 2.32. The van der Waals surface area contributed by atoms with Crippen molar-refractivity contribution in [2.45, 2.75) is 25.2 Å². The number of carboxylic acids is 1. The molecule has 2 heterocycles. The standard InChI is InChI=1S/C14H15N3O2/c18-14(19)11(9-5-2-1-3-6-9)13-16-10-7-4-8-15-12(10)17-13/h1-2,4,7-9,11H,3,5-6H2,(H,18,19)(H,15,16,17). The molecule has 1 aliphatic carbocycles. The van der Waals surface area contributed by atoms with Crippen molar-refractivity contribution in [2.24, 2.45) is 5.92 Å². The fourth-order valence-electron chi connectivity index (χ4n) is 2.67. The number of hydrogen-bond donors (Lipinski definition) is 2. The zero-order valence-electron chi connectivity index (χ0n) is 10.4. The molecular weight excluding hydrogens is 242 g/mol. The Balaban J connectivity index is 1.99. The molecule has 2 unspecified atom stereocenters. The number of carbonyl (C=O) groups is 1. The van der Waals surface area contributed by atoms with E-state index in [4.69, 9.17) is 0 Å². The molecule has 0 saturated heterocycles. The van der Waals surface area contributed by atoms with Crippen LogP contribution in [-0.4, -0.2) is 26.0 Å². The molecule has 2 N–H and O–H groups in total. The number of hydrogen-bond acceptors (Lipinski definition) is 3. The second-order valence-corrected chi connectivity index (χ2v) is 4.86. The lowest BCUT2D eigenvalue weighted by molar-refractivity contribution is -0.140. The molecule has 2 aromatic rings. The fourth-order valence-corrected chi connectivity index (χ4v) is 2.67. The van der Waals surface area contributed by atoms with E-state index in [0.717, 1.165) is 24.8 Å². The Labute approximate surface area is 110 Å². The van der Waals surface area contributed by atoms with Gasteiger partial charge in [0.2, 0.25) is 0 Å². The summed E-state index contributed by atoms with van der Waals surface area (Å²) in [4.78, 5) is 23.1. The predicted octanol–water partition coefficient (Wildman–Crippen LogP) is 2.48. The summed E-state index contributed by atoms with van der Waals surface area (Å²) < 4.78 is 0. The van der Waals surface area contributed by atoms with E-state index in [0.29, 0.717) is 11.5 Å². The molecule has 0 bridgehead atoms. The molecule has 0 aromatic carbocycles. The third-order valence-corrected chi connectivity index (χ3v) is 3.62. The van der Waals surface area contributed by atoms with Crippen molar-refractivity contribution >= 4 is 17.1 Å². The van der Waals surface area contributed by atoms with Gasteiger partial charge in [0.1, 0.15) is 11.7 Å². The minimum absolute atomic E-state index is 0.100. The van der Waals surface area contributed by atoms with Crippen LogP contribution in [0.1, 0.15) is 31.0 Å². The summed E-state index contributed by atoms with van der Waals surface area (Å²) in [5.41, 5.74) is 1.37. The lowest BCUT2D eigenvalue weighted by Crippen LogP contribution is -2.23. The second-order valence-electron chi connectivity index (χ2n) is 4.86. The first kappa shape index (κ1) is 11.9. The summed E-state index contributed by atoms with van der Waals surface area (Å²) in [6.07, 6.45) is 8.44. The molecule has 2 aromatic heterocycles. The maximum atomic E-state index is 11.6. The van der Waals surface area contributed by atoms with Crippen LogP contribution in [0.4, 0.5) is 0 Å². The van der Waals surface area contributed by atoms with E-state index in [1.54, 1.807) is 6.20 Å². The van der Waals surface area contributed by atoms with Crippen molar-refractivity contribution in [1.82, 2.24) is 15.0 Å². The molecule has 0 fully saturated rings. The minimum atomic E-state index is -0.820. The second kappa shape index (κ2) is 4.84. The number of aromatic amines is 1. The van der Waals surface area contributed by atoms with Gasteiger partial charge in [-0.3, -0.25) is 4.79 Å². The third kappa shape index (κ3) is 2.23. The van der Waals surface area contributed by atoms with Crippen LogP contribution in [0.2, 0.25) is 0 Å². The van der Waals surface area contributed by atoms with Crippen LogP contribution in [0.25, 0.3) is 11.2 Å². The number of imidazole rings is 1.